The van der Waals surface area contributed by atoms with Gasteiger partial charge in [0, 0.05) is 30.7 Å². The molecule has 2 rings (SSSR count). The molecule has 0 atom stereocenters. The number of amides is 2. The number of carbonyl (C=O) groups is 2. The van der Waals surface area contributed by atoms with E-state index in [4.69, 9.17) is 4.84 Å². The van der Waals surface area contributed by atoms with E-state index in [0.717, 1.165) is 22.2 Å². The van der Waals surface area contributed by atoms with Crippen LogP contribution in [0.1, 0.15) is 12.5 Å². The Hall–Kier alpha value is -2.70. The Kier molecular flexibility index (Phi) is 4.88. The summed E-state index contributed by atoms with van der Waals surface area (Å²) in [6, 6.07) is 5.58. The minimum Gasteiger partial charge on any atom is -0.453 e. The Morgan fingerprint density at radius 1 is 1.27 bits per heavy atom. The first kappa shape index (κ1) is 15.7. The van der Waals surface area contributed by atoms with E-state index < -0.39 is 6.09 Å². The van der Waals surface area contributed by atoms with E-state index in [9.17, 15) is 9.59 Å². The normalized spacial score (nSPS) is 10.3. The van der Waals surface area contributed by atoms with Crippen molar-refractivity contribution in [3.63, 3.8) is 0 Å². The van der Waals surface area contributed by atoms with Gasteiger partial charge in [-0.2, -0.15) is 4.73 Å². The molecule has 2 N–H and O–H groups in total. The molecule has 0 aliphatic heterocycles. The Labute approximate surface area is 128 Å². The van der Waals surface area contributed by atoms with E-state index in [-0.39, 0.29) is 5.91 Å². The fraction of sp³-hybridized carbons (Fsp3) is 0.333. The van der Waals surface area contributed by atoms with Crippen LogP contribution >= 0.6 is 0 Å². The number of hydrogen-bond donors (Lipinski definition) is 2. The molecule has 22 heavy (non-hydrogen) atoms. The van der Waals surface area contributed by atoms with Crippen molar-refractivity contribution in [2.45, 2.75) is 13.3 Å². The average Bonchev–Trinajstić information content (AvgIpc) is 2.84. The van der Waals surface area contributed by atoms with E-state index in [1.807, 2.05) is 24.4 Å². The van der Waals surface area contributed by atoms with Gasteiger partial charge in [0.1, 0.15) is 7.11 Å². The molecule has 2 aromatic rings. The molecule has 0 fully saturated rings. The van der Waals surface area contributed by atoms with Gasteiger partial charge in [0.25, 0.3) is 0 Å². The van der Waals surface area contributed by atoms with Gasteiger partial charge >= 0.3 is 6.09 Å². The number of hydrogen-bond acceptors (Lipinski definition) is 4. The van der Waals surface area contributed by atoms with Gasteiger partial charge in [-0.1, -0.05) is 0 Å². The highest BCUT2D eigenvalue weighted by Gasteiger charge is 2.11. The van der Waals surface area contributed by atoms with Crippen LogP contribution in [-0.2, 0) is 16.0 Å². The zero-order valence-electron chi connectivity index (χ0n) is 12.8. The Balaban J connectivity index is 2.27. The highest BCUT2D eigenvalue weighted by molar-refractivity contribution is 5.93. The fourth-order valence-electron chi connectivity index (χ4n) is 2.27. The van der Waals surface area contributed by atoms with Crippen molar-refractivity contribution in [2.75, 3.05) is 26.1 Å². The summed E-state index contributed by atoms with van der Waals surface area (Å²) < 4.78 is 6.19. The van der Waals surface area contributed by atoms with Gasteiger partial charge in [0.05, 0.1) is 12.6 Å². The summed E-state index contributed by atoms with van der Waals surface area (Å²) >= 11 is 0. The highest BCUT2D eigenvalue weighted by Crippen LogP contribution is 2.24. The molecular formula is C15H19N3O4. The standard InChI is InChI=1S/C15H19N3O4/c1-10(19)17-12-4-5-14-13(8-12)11(9-18(14)22-3)6-7-16-15(20)21-2/h4-5,8-9H,6-7H2,1-3H3,(H,16,20)(H,17,19). The summed E-state index contributed by atoms with van der Waals surface area (Å²) in [7, 11) is 2.91. The lowest BCUT2D eigenvalue weighted by molar-refractivity contribution is -0.114. The Morgan fingerprint density at radius 2 is 2.05 bits per heavy atom. The largest absolute Gasteiger partial charge is 0.453 e. The number of nitrogens with zero attached hydrogens (tertiary/aromatic N) is 1. The maximum Gasteiger partial charge on any atom is 0.406 e. The van der Waals surface area contributed by atoms with Gasteiger partial charge < -0.3 is 20.2 Å². The molecule has 7 nitrogen and oxygen atoms in total. The summed E-state index contributed by atoms with van der Waals surface area (Å²) in [5.41, 5.74) is 2.61. The van der Waals surface area contributed by atoms with Gasteiger partial charge in [0.2, 0.25) is 5.91 Å². The lowest BCUT2D eigenvalue weighted by Gasteiger charge is -2.05. The number of rotatable bonds is 5. The number of aromatic nitrogens is 1. The van der Waals surface area contributed by atoms with Gasteiger partial charge in [-0.05, 0) is 30.2 Å². The number of anilines is 1. The molecule has 0 spiro atoms. The first-order chi connectivity index (χ1) is 10.5. The first-order valence-electron chi connectivity index (χ1n) is 6.83. The lowest BCUT2D eigenvalue weighted by atomic mass is 10.1. The van der Waals surface area contributed by atoms with Crippen LogP contribution in [-0.4, -0.2) is 37.5 Å². The smallest absolute Gasteiger partial charge is 0.406 e. The molecule has 1 aromatic carbocycles. The number of nitrogens with one attached hydrogen (secondary N) is 2. The predicted octanol–water partition coefficient (Wildman–Crippen LogP) is 1.56. The predicted molar refractivity (Wildman–Crippen MR) is 82.9 cm³/mol. The minimum atomic E-state index is -0.464. The molecule has 1 aromatic heterocycles. The second-order valence-corrected chi connectivity index (χ2v) is 4.74. The van der Waals surface area contributed by atoms with Crippen LogP contribution in [0.3, 0.4) is 0 Å². The third-order valence-corrected chi connectivity index (χ3v) is 3.22. The third-order valence-electron chi connectivity index (χ3n) is 3.22. The lowest BCUT2D eigenvalue weighted by Crippen LogP contribution is -2.25. The summed E-state index contributed by atoms with van der Waals surface area (Å²) in [6.07, 6.45) is 2.02. The Bertz CT molecular complexity index is 693. The molecule has 0 aliphatic carbocycles. The van der Waals surface area contributed by atoms with Crippen LogP contribution in [0.5, 0.6) is 0 Å². The fourth-order valence-corrected chi connectivity index (χ4v) is 2.27. The minimum absolute atomic E-state index is 0.126. The SMILES string of the molecule is COC(=O)NCCc1cn(OC)c2ccc(NC(C)=O)cc12. The number of methoxy groups -OCH3 is 1. The molecule has 0 radical (unpaired) electrons. The summed E-state index contributed by atoms with van der Waals surface area (Å²) in [6.45, 7) is 1.91. The van der Waals surface area contributed by atoms with Crippen molar-refractivity contribution in [1.82, 2.24) is 10.0 Å². The summed E-state index contributed by atoms with van der Waals surface area (Å²) in [5.74, 6) is -0.126. The second kappa shape index (κ2) is 6.84. The third kappa shape index (κ3) is 3.49. The molecule has 0 saturated carbocycles. The molecule has 0 aliphatic rings. The zero-order chi connectivity index (χ0) is 16.1. The van der Waals surface area contributed by atoms with Crippen molar-refractivity contribution in [1.29, 1.82) is 0 Å². The topological polar surface area (TPSA) is 81.6 Å². The van der Waals surface area contributed by atoms with E-state index in [2.05, 4.69) is 15.4 Å². The maximum atomic E-state index is 11.2. The average molecular weight is 305 g/mol. The van der Waals surface area contributed by atoms with Crippen molar-refractivity contribution < 1.29 is 19.2 Å². The van der Waals surface area contributed by atoms with Gasteiger partial charge in [-0.3, -0.25) is 4.79 Å². The van der Waals surface area contributed by atoms with Crippen LogP contribution in [0.2, 0.25) is 0 Å². The number of fused-ring (bicyclic) bond motifs is 1. The number of alkyl carbamates (subject to hydrolysis) is 1. The van der Waals surface area contributed by atoms with E-state index >= 15 is 0 Å². The summed E-state index contributed by atoms with van der Waals surface area (Å²) in [5, 5.41) is 6.35. The molecule has 0 unspecified atom stereocenters. The van der Waals surface area contributed by atoms with Crippen LogP contribution in [0, 0.1) is 0 Å². The van der Waals surface area contributed by atoms with Crippen LogP contribution < -0.4 is 15.5 Å². The zero-order valence-corrected chi connectivity index (χ0v) is 12.8. The van der Waals surface area contributed by atoms with E-state index in [1.165, 1.54) is 14.0 Å². The van der Waals surface area contributed by atoms with Gasteiger partial charge in [-0.25, -0.2) is 4.79 Å². The van der Waals surface area contributed by atoms with Crippen LogP contribution in [0.4, 0.5) is 10.5 Å². The van der Waals surface area contributed by atoms with Crippen LogP contribution in [0.15, 0.2) is 24.4 Å². The first-order valence-corrected chi connectivity index (χ1v) is 6.83. The highest BCUT2D eigenvalue weighted by atomic mass is 16.6. The quantitative estimate of drug-likeness (QED) is 0.878. The van der Waals surface area contributed by atoms with E-state index in [1.54, 1.807) is 11.8 Å². The molecule has 2 amide bonds. The van der Waals surface area contributed by atoms with Gasteiger partial charge in [-0.15, -0.1) is 0 Å². The molecular weight excluding hydrogens is 286 g/mol. The number of benzene rings is 1. The van der Waals surface area contributed by atoms with Gasteiger partial charge in [0.15, 0.2) is 0 Å². The molecule has 0 saturated heterocycles. The molecule has 0 bridgehead atoms. The number of carbonyl (C=O) groups excluding carboxylic acids is 2. The van der Waals surface area contributed by atoms with Crippen LogP contribution in [0.25, 0.3) is 10.9 Å². The maximum absolute atomic E-state index is 11.2. The van der Waals surface area contributed by atoms with Crippen molar-refractivity contribution in [3.05, 3.63) is 30.0 Å². The van der Waals surface area contributed by atoms with Crippen molar-refractivity contribution in [2.24, 2.45) is 0 Å². The number of ether oxygens (including phenoxy) is 1. The summed E-state index contributed by atoms with van der Waals surface area (Å²) in [4.78, 5) is 27.6. The van der Waals surface area contributed by atoms with Crippen molar-refractivity contribution in [3.8, 4) is 0 Å². The molecule has 7 heteroatoms. The van der Waals surface area contributed by atoms with E-state index in [0.29, 0.717) is 13.0 Å². The van der Waals surface area contributed by atoms with Crippen molar-refractivity contribution >= 4 is 28.6 Å². The monoisotopic (exact) mass is 305 g/mol. The Morgan fingerprint density at radius 3 is 2.68 bits per heavy atom. The molecule has 118 valence electrons. The molecule has 1 heterocycles. The second-order valence-electron chi connectivity index (χ2n) is 4.74.